The molecule has 0 aliphatic rings. The van der Waals surface area contributed by atoms with Crippen LogP contribution in [0.2, 0.25) is 0 Å². The second-order valence-corrected chi connectivity index (χ2v) is 7.07. The molecule has 1 amide bonds. The van der Waals surface area contributed by atoms with Gasteiger partial charge in [0.2, 0.25) is 0 Å². The van der Waals surface area contributed by atoms with Crippen LogP contribution >= 0.6 is 0 Å². The third kappa shape index (κ3) is 4.85. The number of amides is 1. The molecule has 0 fully saturated rings. The summed E-state index contributed by atoms with van der Waals surface area (Å²) in [6, 6.07) is 15.8. The highest BCUT2D eigenvalue weighted by atomic mass is 16.5. The smallest absolute Gasteiger partial charge is 0.265 e. The molecule has 0 unspecified atom stereocenters. The van der Waals surface area contributed by atoms with Crippen molar-refractivity contribution in [2.24, 2.45) is 0 Å². The molecule has 0 saturated heterocycles. The third-order valence-corrected chi connectivity index (χ3v) is 4.03. The van der Waals surface area contributed by atoms with Gasteiger partial charge in [-0.1, -0.05) is 52.0 Å². The number of carbonyl (C=O) groups is 1. The Hall–Kier alpha value is -2.29. The molecule has 2 aromatic carbocycles. The Labute approximate surface area is 145 Å². The number of aryl methyl sites for hydroxylation is 1. The number of ether oxygens (including phenoxy) is 1. The molecule has 0 saturated carbocycles. The van der Waals surface area contributed by atoms with Crippen molar-refractivity contribution in [3.8, 4) is 5.75 Å². The van der Waals surface area contributed by atoms with Gasteiger partial charge in [0.15, 0.2) is 6.10 Å². The summed E-state index contributed by atoms with van der Waals surface area (Å²) in [5.41, 5.74) is 3.38. The Bertz CT molecular complexity index is 666. The largest absolute Gasteiger partial charge is 0.481 e. The number of nitrogens with one attached hydrogen (secondary N) is 1. The second-order valence-electron chi connectivity index (χ2n) is 7.07. The minimum absolute atomic E-state index is 0.103. The predicted octanol–water partition coefficient (Wildman–Crippen LogP) is 4.95. The zero-order chi connectivity index (χ0) is 17.7. The second kappa shape index (κ2) is 7.52. The summed E-state index contributed by atoms with van der Waals surface area (Å²) in [5.74, 6) is 0.547. The quantitative estimate of drug-likeness (QED) is 0.844. The van der Waals surface area contributed by atoms with E-state index in [4.69, 9.17) is 4.74 Å². The molecular formula is C21H27NO2. The van der Waals surface area contributed by atoms with Gasteiger partial charge < -0.3 is 10.1 Å². The Balaban J connectivity index is 1.95. The molecule has 0 radical (unpaired) electrons. The Kier molecular flexibility index (Phi) is 5.66. The lowest BCUT2D eigenvalue weighted by atomic mass is 9.87. The number of benzene rings is 2. The molecule has 0 aliphatic heterocycles. The van der Waals surface area contributed by atoms with E-state index in [1.807, 2.05) is 48.5 Å². The first-order valence-electron chi connectivity index (χ1n) is 8.46. The van der Waals surface area contributed by atoms with Crippen LogP contribution in [-0.2, 0) is 16.6 Å². The van der Waals surface area contributed by atoms with Crippen molar-refractivity contribution < 1.29 is 9.53 Å². The van der Waals surface area contributed by atoms with E-state index in [0.29, 0.717) is 5.75 Å². The molecule has 3 heteroatoms. The lowest BCUT2D eigenvalue weighted by molar-refractivity contribution is -0.122. The summed E-state index contributed by atoms with van der Waals surface area (Å²) in [6.45, 7) is 10.4. The lowest BCUT2D eigenvalue weighted by Gasteiger charge is -2.20. The summed E-state index contributed by atoms with van der Waals surface area (Å²) in [7, 11) is 0. The number of carbonyl (C=O) groups excluding carboxylic acids is 1. The van der Waals surface area contributed by atoms with Crippen molar-refractivity contribution in [3.05, 3.63) is 59.7 Å². The van der Waals surface area contributed by atoms with Gasteiger partial charge in [0.05, 0.1) is 0 Å². The summed E-state index contributed by atoms with van der Waals surface area (Å²) >= 11 is 0. The first-order valence-corrected chi connectivity index (χ1v) is 8.46. The van der Waals surface area contributed by atoms with E-state index in [0.717, 1.165) is 12.1 Å². The van der Waals surface area contributed by atoms with E-state index < -0.39 is 6.10 Å². The van der Waals surface area contributed by atoms with Gasteiger partial charge in [0.1, 0.15) is 5.75 Å². The summed E-state index contributed by atoms with van der Waals surface area (Å²) in [4.78, 5) is 12.3. The molecule has 2 aromatic rings. The van der Waals surface area contributed by atoms with E-state index in [-0.39, 0.29) is 11.3 Å². The lowest BCUT2D eigenvalue weighted by Crippen LogP contribution is -2.30. The maximum atomic E-state index is 12.3. The zero-order valence-electron chi connectivity index (χ0n) is 15.2. The van der Waals surface area contributed by atoms with E-state index in [9.17, 15) is 4.79 Å². The van der Waals surface area contributed by atoms with Gasteiger partial charge in [0, 0.05) is 5.69 Å². The van der Waals surface area contributed by atoms with Gasteiger partial charge in [-0.2, -0.15) is 0 Å². The number of anilines is 1. The molecule has 0 heterocycles. The Morgan fingerprint density at radius 1 is 1.04 bits per heavy atom. The monoisotopic (exact) mass is 325 g/mol. The molecule has 128 valence electrons. The molecule has 0 aromatic heterocycles. The van der Waals surface area contributed by atoms with Gasteiger partial charge >= 0.3 is 0 Å². The van der Waals surface area contributed by atoms with Crippen LogP contribution in [0.3, 0.4) is 0 Å². The maximum absolute atomic E-state index is 12.3. The van der Waals surface area contributed by atoms with Gasteiger partial charge in [0.25, 0.3) is 5.91 Å². The molecule has 24 heavy (non-hydrogen) atoms. The average Bonchev–Trinajstić information content (AvgIpc) is 2.55. The highest BCUT2D eigenvalue weighted by Gasteiger charge is 2.16. The van der Waals surface area contributed by atoms with Gasteiger partial charge in [-0.05, 0) is 54.2 Å². The highest BCUT2D eigenvalue weighted by Crippen LogP contribution is 2.24. The minimum atomic E-state index is -0.559. The molecule has 1 atom stereocenters. The van der Waals surface area contributed by atoms with E-state index in [1.54, 1.807) is 6.92 Å². The summed E-state index contributed by atoms with van der Waals surface area (Å²) < 4.78 is 5.75. The van der Waals surface area contributed by atoms with Crippen LogP contribution in [0.5, 0.6) is 5.75 Å². The number of hydrogen-bond donors (Lipinski definition) is 1. The first-order chi connectivity index (χ1) is 11.3. The summed E-state index contributed by atoms with van der Waals surface area (Å²) in [6.07, 6.45) is 0.425. The van der Waals surface area contributed by atoms with Crippen molar-refractivity contribution in [2.75, 3.05) is 5.32 Å². The topological polar surface area (TPSA) is 38.3 Å². The van der Waals surface area contributed by atoms with Gasteiger partial charge in [-0.15, -0.1) is 0 Å². The van der Waals surface area contributed by atoms with E-state index in [2.05, 4.69) is 33.0 Å². The number of rotatable bonds is 5. The molecule has 1 N–H and O–H groups in total. The standard InChI is InChI=1S/C21H27NO2/c1-6-16-7-11-18(12-8-16)22-20(23)15(2)24-19-13-9-17(10-14-19)21(3,4)5/h7-15H,6H2,1-5H3,(H,22,23)/t15-/m1/s1. The van der Waals surface area contributed by atoms with E-state index >= 15 is 0 Å². The molecule has 2 rings (SSSR count). The van der Waals surface area contributed by atoms with Crippen molar-refractivity contribution in [2.45, 2.75) is 52.6 Å². The van der Waals surface area contributed by atoms with Crippen LogP contribution < -0.4 is 10.1 Å². The Morgan fingerprint density at radius 2 is 1.62 bits per heavy atom. The first kappa shape index (κ1) is 18.1. The van der Waals surface area contributed by atoms with E-state index in [1.165, 1.54) is 11.1 Å². The molecule has 0 aliphatic carbocycles. The van der Waals surface area contributed by atoms with Crippen molar-refractivity contribution in [3.63, 3.8) is 0 Å². The van der Waals surface area contributed by atoms with Crippen LogP contribution in [-0.4, -0.2) is 12.0 Å². The minimum Gasteiger partial charge on any atom is -0.481 e. The van der Waals surface area contributed by atoms with Gasteiger partial charge in [-0.3, -0.25) is 4.79 Å². The molecular weight excluding hydrogens is 298 g/mol. The zero-order valence-corrected chi connectivity index (χ0v) is 15.2. The predicted molar refractivity (Wildman–Crippen MR) is 99.7 cm³/mol. The normalized spacial score (nSPS) is 12.5. The van der Waals surface area contributed by atoms with Crippen molar-refractivity contribution in [1.82, 2.24) is 0 Å². The van der Waals surface area contributed by atoms with Crippen molar-refractivity contribution in [1.29, 1.82) is 0 Å². The van der Waals surface area contributed by atoms with Crippen LogP contribution in [0.15, 0.2) is 48.5 Å². The average molecular weight is 325 g/mol. The van der Waals surface area contributed by atoms with Crippen LogP contribution in [0.4, 0.5) is 5.69 Å². The fourth-order valence-electron chi connectivity index (χ4n) is 2.36. The Morgan fingerprint density at radius 3 is 2.12 bits per heavy atom. The molecule has 0 bridgehead atoms. The fraction of sp³-hybridized carbons (Fsp3) is 0.381. The number of hydrogen-bond acceptors (Lipinski definition) is 2. The SMILES string of the molecule is CCc1ccc(NC(=O)[C@@H](C)Oc2ccc(C(C)(C)C)cc2)cc1. The van der Waals surface area contributed by atoms with Crippen LogP contribution in [0.1, 0.15) is 45.7 Å². The van der Waals surface area contributed by atoms with Crippen LogP contribution in [0.25, 0.3) is 0 Å². The molecule has 3 nitrogen and oxygen atoms in total. The fourth-order valence-corrected chi connectivity index (χ4v) is 2.36. The maximum Gasteiger partial charge on any atom is 0.265 e. The van der Waals surface area contributed by atoms with Crippen molar-refractivity contribution >= 4 is 11.6 Å². The van der Waals surface area contributed by atoms with Crippen LogP contribution in [0, 0.1) is 0 Å². The third-order valence-electron chi connectivity index (χ3n) is 4.03. The van der Waals surface area contributed by atoms with Gasteiger partial charge in [-0.25, -0.2) is 0 Å². The molecule has 0 spiro atoms. The highest BCUT2D eigenvalue weighted by molar-refractivity contribution is 5.94. The summed E-state index contributed by atoms with van der Waals surface area (Å²) in [5, 5.41) is 2.88.